The molecule has 0 aromatic carbocycles. The molecule has 0 bridgehead atoms. The highest BCUT2D eigenvalue weighted by molar-refractivity contribution is 5.12. The van der Waals surface area contributed by atoms with Crippen LogP contribution in [0.3, 0.4) is 0 Å². The lowest BCUT2D eigenvalue weighted by atomic mass is 9.93. The van der Waals surface area contributed by atoms with Crippen molar-refractivity contribution in [2.24, 2.45) is 11.8 Å². The molecule has 0 nitrogen and oxygen atoms in total. The van der Waals surface area contributed by atoms with Crippen LogP contribution in [-0.4, -0.2) is 0 Å². The first-order valence-corrected chi connectivity index (χ1v) is 4.30. The van der Waals surface area contributed by atoms with E-state index in [1.165, 1.54) is 11.1 Å². The van der Waals surface area contributed by atoms with E-state index in [2.05, 4.69) is 40.9 Å². The maximum atomic E-state index is 4.02. The van der Waals surface area contributed by atoms with Gasteiger partial charge in [-0.15, -0.1) is 0 Å². The van der Waals surface area contributed by atoms with Gasteiger partial charge in [0.05, 0.1) is 0 Å². The maximum absolute atomic E-state index is 4.02. The van der Waals surface area contributed by atoms with E-state index in [4.69, 9.17) is 0 Å². The standard InChI is InChI=1S/C11H20/c1-8(2)10(5)7-11(6)9(3)4/h8-9H,5-7H2,1-4H3. The first-order chi connectivity index (χ1) is 4.95. The Balaban J connectivity index is 3.86. The Morgan fingerprint density at radius 2 is 1.18 bits per heavy atom. The summed E-state index contributed by atoms with van der Waals surface area (Å²) in [7, 11) is 0. The van der Waals surface area contributed by atoms with Gasteiger partial charge in [-0.05, 0) is 18.3 Å². The normalized spacial score (nSPS) is 10.7. The Labute approximate surface area is 71.0 Å². The van der Waals surface area contributed by atoms with Gasteiger partial charge in [0, 0.05) is 0 Å². The summed E-state index contributed by atoms with van der Waals surface area (Å²) in [5.41, 5.74) is 2.59. The molecule has 0 spiro atoms. The minimum Gasteiger partial charge on any atom is -0.0993 e. The molecule has 0 aliphatic rings. The van der Waals surface area contributed by atoms with E-state index in [1.54, 1.807) is 0 Å². The van der Waals surface area contributed by atoms with Crippen molar-refractivity contribution in [2.45, 2.75) is 34.1 Å². The van der Waals surface area contributed by atoms with Crippen LogP contribution in [0.5, 0.6) is 0 Å². The highest BCUT2D eigenvalue weighted by atomic mass is 14.1. The SMILES string of the molecule is C=C(CC(=C)C(C)C)C(C)C. The van der Waals surface area contributed by atoms with Gasteiger partial charge < -0.3 is 0 Å². The number of hydrogen-bond acceptors (Lipinski definition) is 0. The molecule has 0 amide bonds. The predicted octanol–water partition coefficient (Wildman–Crippen LogP) is 3.80. The molecule has 0 heteroatoms. The molecule has 0 saturated carbocycles. The fourth-order valence-corrected chi connectivity index (χ4v) is 0.700. The van der Waals surface area contributed by atoms with Gasteiger partial charge >= 0.3 is 0 Å². The smallest absolute Gasteiger partial charge is 0.0109 e. The molecule has 0 aromatic rings. The fourth-order valence-electron chi connectivity index (χ4n) is 0.700. The molecule has 0 radical (unpaired) electrons. The Bertz CT molecular complexity index is 131. The van der Waals surface area contributed by atoms with Crippen LogP contribution < -0.4 is 0 Å². The molecule has 0 saturated heterocycles. The molecular weight excluding hydrogens is 132 g/mol. The molecule has 0 fully saturated rings. The van der Waals surface area contributed by atoms with Gasteiger partial charge in [-0.3, -0.25) is 0 Å². The van der Waals surface area contributed by atoms with Crippen molar-refractivity contribution in [2.75, 3.05) is 0 Å². The van der Waals surface area contributed by atoms with E-state index >= 15 is 0 Å². The Morgan fingerprint density at radius 1 is 0.909 bits per heavy atom. The summed E-state index contributed by atoms with van der Waals surface area (Å²) in [6.45, 7) is 16.7. The molecule has 0 heterocycles. The molecule has 0 rings (SSSR count). The first-order valence-electron chi connectivity index (χ1n) is 4.30. The second kappa shape index (κ2) is 4.38. The van der Waals surface area contributed by atoms with Crippen LogP contribution in [0.2, 0.25) is 0 Å². The van der Waals surface area contributed by atoms with Crippen molar-refractivity contribution in [3.05, 3.63) is 24.3 Å². The summed E-state index contributed by atoms with van der Waals surface area (Å²) < 4.78 is 0. The zero-order chi connectivity index (χ0) is 9.02. The monoisotopic (exact) mass is 152 g/mol. The molecule has 11 heavy (non-hydrogen) atoms. The lowest BCUT2D eigenvalue weighted by Gasteiger charge is -2.13. The molecule has 0 atom stereocenters. The van der Waals surface area contributed by atoms with E-state index in [9.17, 15) is 0 Å². The van der Waals surface area contributed by atoms with Gasteiger partial charge in [0.2, 0.25) is 0 Å². The summed E-state index contributed by atoms with van der Waals surface area (Å²) in [5.74, 6) is 1.18. The van der Waals surface area contributed by atoms with Crippen molar-refractivity contribution >= 4 is 0 Å². The molecule has 0 unspecified atom stereocenters. The molecule has 0 aliphatic carbocycles. The highest BCUT2D eigenvalue weighted by Gasteiger charge is 2.04. The van der Waals surface area contributed by atoms with Crippen molar-refractivity contribution < 1.29 is 0 Å². The van der Waals surface area contributed by atoms with Crippen LogP contribution in [0.25, 0.3) is 0 Å². The Kier molecular flexibility index (Phi) is 4.17. The van der Waals surface area contributed by atoms with Gasteiger partial charge in [0.15, 0.2) is 0 Å². The minimum atomic E-state index is 0.588. The van der Waals surface area contributed by atoms with Crippen molar-refractivity contribution in [1.82, 2.24) is 0 Å². The van der Waals surface area contributed by atoms with Gasteiger partial charge in [-0.2, -0.15) is 0 Å². The Hall–Kier alpha value is -0.520. The minimum absolute atomic E-state index is 0.588. The topological polar surface area (TPSA) is 0 Å². The summed E-state index contributed by atoms with van der Waals surface area (Å²) in [6, 6.07) is 0. The Morgan fingerprint density at radius 3 is 1.36 bits per heavy atom. The second-order valence-corrected chi connectivity index (χ2v) is 3.80. The summed E-state index contributed by atoms with van der Waals surface area (Å²) in [4.78, 5) is 0. The van der Waals surface area contributed by atoms with Gasteiger partial charge in [0.1, 0.15) is 0 Å². The van der Waals surface area contributed by atoms with E-state index < -0.39 is 0 Å². The largest absolute Gasteiger partial charge is 0.0993 e. The summed E-state index contributed by atoms with van der Waals surface area (Å²) >= 11 is 0. The molecule has 64 valence electrons. The van der Waals surface area contributed by atoms with E-state index in [0.29, 0.717) is 11.8 Å². The number of rotatable bonds is 4. The average molecular weight is 152 g/mol. The first kappa shape index (κ1) is 10.5. The van der Waals surface area contributed by atoms with Crippen LogP contribution in [-0.2, 0) is 0 Å². The molecule has 0 N–H and O–H groups in total. The third-order valence-electron chi connectivity index (χ3n) is 2.09. The zero-order valence-electron chi connectivity index (χ0n) is 8.28. The average Bonchev–Trinajstić information content (AvgIpc) is 1.87. The van der Waals surface area contributed by atoms with Crippen LogP contribution in [0.4, 0.5) is 0 Å². The maximum Gasteiger partial charge on any atom is -0.0109 e. The van der Waals surface area contributed by atoms with E-state index in [0.717, 1.165) is 6.42 Å². The zero-order valence-corrected chi connectivity index (χ0v) is 8.28. The molecule has 0 aromatic heterocycles. The second-order valence-electron chi connectivity index (χ2n) is 3.80. The van der Waals surface area contributed by atoms with Crippen LogP contribution in [0.1, 0.15) is 34.1 Å². The lowest BCUT2D eigenvalue weighted by molar-refractivity contribution is 0.687. The molecule has 0 aliphatic heterocycles. The summed E-state index contributed by atoms with van der Waals surface area (Å²) in [6.07, 6.45) is 0.995. The van der Waals surface area contributed by atoms with Gasteiger partial charge in [0.25, 0.3) is 0 Å². The third-order valence-corrected chi connectivity index (χ3v) is 2.09. The molecular formula is C11H20. The third kappa shape index (κ3) is 4.02. The van der Waals surface area contributed by atoms with Gasteiger partial charge in [-0.25, -0.2) is 0 Å². The number of hydrogen-bond donors (Lipinski definition) is 0. The van der Waals surface area contributed by atoms with E-state index in [1.807, 2.05) is 0 Å². The van der Waals surface area contributed by atoms with E-state index in [-0.39, 0.29) is 0 Å². The highest BCUT2D eigenvalue weighted by Crippen LogP contribution is 2.20. The lowest BCUT2D eigenvalue weighted by Crippen LogP contribution is -1.98. The van der Waals surface area contributed by atoms with Crippen molar-refractivity contribution in [3.63, 3.8) is 0 Å². The van der Waals surface area contributed by atoms with Crippen LogP contribution in [0, 0.1) is 11.8 Å². The van der Waals surface area contributed by atoms with Crippen molar-refractivity contribution in [3.8, 4) is 0 Å². The van der Waals surface area contributed by atoms with Crippen LogP contribution >= 0.6 is 0 Å². The quantitative estimate of drug-likeness (QED) is 0.537. The summed E-state index contributed by atoms with van der Waals surface area (Å²) in [5, 5.41) is 0. The van der Waals surface area contributed by atoms with Gasteiger partial charge in [-0.1, -0.05) is 52.0 Å². The van der Waals surface area contributed by atoms with Crippen molar-refractivity contribution in [1.29, 1.82) is 0 Å². The number of allylic oxidation sites excluding steroid dienone is 2. The predicted molar refractivity (Wildman–Crippen MR) is 52.6 cm³/mol. The fraction of sp³-hybridized carbons (Fsp3) is 0.636. The van der Waals surface area contributed by atoms with Crippen LogP contribution in [0.15, 0.2) is 24.3 Å².